The van der Waals surface area contributed by atoms with Gasteiger partial charge >= 0.3 is 0 Å². The van der Waals surface area contributed by atoms with Gasteiger partial charge in [0.1, 0.15) is 0 Å². The van der Waals surface area contributed by atoms with E-state index in [1.54, 1.807) is 0 Å². The predicted molar refractivity (Wildman–Crippen MR) is 101 cm³/mol. The molecular formula is C16H31N3O3S2. The summed E-state index contributed by atoms with van der Waals surface area (Å²) < 4.78 is 35.2. The number of nitrogens with zero attached hydrogens (tertiary/aromatic N) is 1. The van der Waals surface area contributed by atoms with Gasteiger partial charge in [0.2, 0.25) is 0 Å². The van der Waals surface area contributed by atoms with Crippen LogP contribution in [0.2, 0.25) is 0 Å². The smallest absolute Gasteiger partial charge is 0.191 e. The van der Waals surface area contributed by atoms with Gasteiger partial charge in [0.15, 0.2) is 15.8 Å². The highest BCUT2D eigenvalue weighted by Crippen LogP contribution is 2.23. The molecule has 0 bridgehead atoms. The second kappa shape index (κ2) is 9.17. The first-order valence-corrected chi connectivity index (χ1v) is 12.3. The molecule has 4 unspecified atom stereocenters. The summed E-state index contributed by atoms with van der Waals surface area (Å²) >= 11 is 0. The average molecular weight is 378 g/mol. The first-order valence-electron chi connectivity index (χ1n) is 9.06. The van der Waals surface area contributed by atoms with Gasteiger partial charge in [-0.2, -0.15) is 0 Å². The molecule has 2 aliphatic rings. The molecule has 0 spiro atoms. The normalized spacial score (nSPS) is 31.6. The Balaban J connectivity index is 1.90. The van der Waals surface area contributed by atoms with Crippen LogP contribution in [0.25, 0.3) is 0 Å². The number of hydrogen-bond donors (Lipinski definition) is 2. The highest BCUT2D eigenvalue weighted by Gasteiger charge is 2.28. The van der Waals surface area contributed by atoms with Crippen LogP contribution in [-0.2, 0) is 20.6 Å². The summed E-state index contributed by atoms with van der Waals surface area (Å²) in [5.41, 5.74) is 0. The van der Waals surface area contributed by atoms with Crippen molar-refractivity contribution in [2.75, 3.05) is 30.3 Å². The van der Waals surface area contributed by atoms with Gasteiger partial charge in [0.25, 0.3) is 0 Å². The van der Waals surface area contributed by atoms with E-state index in [1.807, 2.05) is 13.8 Å². The van der Waals surface area contributed by atoms with E-state index in [4.69, 9.17) is 0 Å². The Labute approximate surface area is 148 Å². The molecule has 2 rings (SSSR count). The Kier molecular flexibility index (Phi) is 7.53. The van der Waals surface area contributed by atoms with Crippen LogP contribution in [0, 0.1) is 5.92 Å². The molecule has 1 heterocycles. The van der Waals surface area contributed by atoms with Crippen LogP contribution in [-0.4, -0.2) is 60.2 Å². The molecule has 140 valence electrons. The Bertz CT molecular complexity index is 563. The SMILES string of the molecule is CCNC(=NCC1CCS(=O)(=O)C1)NC1CCCC(S(=O)CC)C1. The summed E-state index contributed by atoms with van der Waals surface area (Å²) in [6, 6.07) is 0.296. The minimum atomic E-state index is -2.85. The molecule has 0 amide bonds. The fourth-order valence-electron chi connectivity index (χ4n) is 3.50. The standard InChI is InChI=1S/C16H31N3O3S2/c1-3-17-16(18-11-13-8-9-24(21,22)12-13)19-14-6-5-7-15(10-14)23(20)4-2/h13-15H,3-12H2,1-2H3,(H2,17,18,19). The minimum Gasteiger partial charge on any atom is -0.357 e. The van der Waals surface area contributed by atoms with Crippen molar-refractivity contribution in [2.24, 2.45) is 10.9 Å². The van der Waals surface area contributed by atoms with Gasteiger partial charge < -0.3 is 10.6 Å². The quantitative estimate of drug-likeness (QED) is 0.534. The first-order chi connectivity index (χ1) is 11.4. The Morgan fingerprint density at radius 1 is 1.25 bits per heavy atom. The Hall–Kier alpha value is -0.630. The van der Waals surface area contributed by atoms with Crippen molar-refractivity contribution in [3.8, 4) is 0 Å². The van der Waals surface area contributed by atoms with E-state index < -0.39 is 20.6 Å². The zero-order chi connectivity index (χ0) is 17.6. The molecular weight excluding hydrogens is 346 g/mol. The molecule has 0 radical (unpaired) electrons. The van der Waals surface area contributed by atoms with Crippen molar-refractivity contribution < 1.29 is 12.6 Å². The average Bonchev–Trinajstić information content (AvgIpc) is 2.91. The van der Waals surface area contributed by atoms with Gasteiger partial charge in [-0.15, -0.1) is 0 Å². The molecule has 2 N–H and O–H groups in total. The van der Waals surface area contributed by atoms with E-state index >= 15 is 0 Å². The van der Waals surface area contributed by atoms with E-state index in [9.17, 15) is 12.6 Å². The lowest BCUT2D eigenvalue weighted by Crippen LogP contribution is -2.46. The first kappa shape index (κ1) is 19.7. The molecule has 6 nitrogen and oxygen atoms in total. The van der Waals surface area contributed by atoms with Gasteiger partial charge in [0.05, 0.1) is 11.5 Å². The number of hydrogen-bond acceptors (Lipinski definition) is 4. The van der Waals surface area contributed by atoms with Gasteiger partial charge in [0, 0.05) is 40.9 Å². The van der Waals surface area contributed by atoms with Crippen LogP contribution >= 0.6 is 0 Å². The molecule has 0 aromatic heterocycles. The lowest BCUT2D eigenvalue weighted by Gasteiger charge is -2.30. The van der Waals surface area contributed by atoms with Crippen LogP contribution in [0.5, 0.6) is 0 Å². The third kappa shape index (κ3) is 6.02. The summed E-state index contributed by atoms with van der Waals surface area (Å²) in [5.74, 6) is 2.18. The number of nitrogens with one attached hydrogen (secondary N) is 2. The molecule has 2 fully saturated rings. The molecule has 1 aliphatic carbocycles. The molecule has 1 saturated heterocycles. The summed E-state index contributed by atoms with van der Waals surface area (Å²) in [6.07, 6.45) is 4.84. The van der Waals surface area contributed by atoms with Crippen LogP contribution in [0.1, 0.15) is 46.0 Å². The van der Waals surface area contributed by atoms with Crippen LogP contribution in [0.4, 0.5) is 0 Å². The van der Waals surface area contributed by atoms with Crippen LogP contribution in [0.3, 0.4) is 0 Å². The van der Waals surface area contributed by atoms with Crippen molar-refractivity contribution in [3.05, 3.63) is 0 Å². The summed E-state index contributed by atoms with van der Waals surface area (Å²) in [7, 11) is -3.58. The van der Waals surface area contributed by atoms with Crippen molar-refractivity contribution in [1.82, 2.24) is 10.6 Å². The summed E-state index contributed by atoms with van der Waals surface area (Å²) in [6.45, 7) is 5.32. The lowest BCUT2D eigenvalue weighted by atomic mass is 9.95. The van der Waals surface area contributed by atoms with Gasteiger partial charge in [-0.25, -0.2) is 8.42 Å². The topological polar surface area (TPSA) is 87.6 Å². The zero-order valence-electron chi connectivity index (χ0n) is 14.8. The second-order valence-corrected chi connectivity index (χ2v) is 11.0. The molecule has 8 heteroatoms. The van der Waals surface area contributed by atoms with Crippen LogP contribution in [0.15, 0.2) is 4.99 Å². The van der Waals surface area contributed by atoms with E-state index in [-0.39, 0.29) is 16.9 Å². The van der Waals surface area contributed by atoms with E-state index in [2.05, 4.69) is 15.6 Å². The van der Waals surface area contributed by atoms with Gasteiger partial charge in [-0.3, -0.25) is 9.20 Å². The molecule has 1 saturated carbocycles. The highest BCUT2D eigenvalue weighted by molar-refractivity contribution is 7.91. The molecule has 4 atom stereocenters. The number of aliphatic imine (C=N–C) groups is 1. The zero-order valence-corrected chi connectivity index (χ0v) is 16.4. The Morgan fingerprint density at radius 3 is 2.67 bits per heavy atom. The van der Waals surface area contributed by atoms with Crippen molar-refractivity contribution in [3.63, 3.8) is 0 Å². The van der Waals surface area contributed by atoms with Crippen molar-refractivity contribution in [1.29, 1.82) is 0 Å². The molecule has 1 aliphatic heterocycles. The van der Waals surface area contributed by atoms with Gasteiger partial charge in [-0.05, 0) is 38.5 Å². The summed E-state index contributed by atoms with van der Waals surface area (Å²) in [4.78, 5) is 4.60. The maximum atomic E-state index is 12.1. The largest absolute Gasteiger partial charge is 0.357 e. The number of rotatable bonds is 6. The third-order valence-electron chi connectivity index (χ3n) is 4.80. The number of guanidine groups is 1. The van der Waals surface area contributed by atoms with Crippen molar-refractivity contribution >= 4 is 26.6 Å². The molecule has 0 aromatic carbocycles. The minimum absolute atomic E-state index is 0.136. The predicted octanol–water partition coefficient (Wildman–Crippen LogP) is 1.06. The maximum absolute atomic E-state index is 12.1. The lowest BCUT2D eigenvalue weighted by molar-refractivity contribution is 0.413. The third-order valence-corrected chi connectivity index (χ3v) is 8.38. The van der Waals surface area contributed by atoms with E-state index in [1.165, 1.54) is 0 Å². The van der Waals surface area contributed by atoms with Gasteiger partial charge in [-0.1, -0.05) is 13.3 Å². The Morgan fingerprint density at radius 2 is 2.04 bits per heavy atom. The monoisotopic (exact) mass is 377 g/mol. The maximum Gasteiger partial charge on any atom is 0.191 e. The molecule has 24 heavy (non-hydrogen) atoms. The van der Waals surface area contributed by atoms with E-state index in [0.29, 0.717) is 24.8 Å². The van der Waals surface area contributed by atoms with E-state index in [0.717, 1.165) is 43.9 Å². The fourth-order valence-corrected chi connectivity index (χ4v) is 6.70. The molecule has 0 aromatic rings. The van der Waals surface area contributed by atoms with Crippen LogP contribution < -0.4 is 10.6 Å². The van der Waals surface area contributed by atoms with Crippen molar-refractivity contribution in [2.45, 2.75) is 57.2 Å². The summed E-state index contributed by atoms with van der Waals surface area (Å²) in [5, 5.41) is 6.99. The highest BCUT2D eigenvalue weighted by atomic mass is 32.2. The fraction of sp³-hybridized carbons (Fsp3) is 0.938. The number of sulfone groups is 1. The second-order valence-electron chi connectivity index (χ2n) is 6.79.